The Morgan fingerprint density at radius 3 is 1.78 bits per heavy atom. The normalized spacial score (nSPS) is 6.78. The average Bonchev–Trinajstić information content (AvgIpc) is 1.65. The molecule has 0 aromatic heterocycles. The summed E-state index contributed by atoms with van der Waals surface area (Å²) in [5.74, 6) is -1.75. The highest BCUT2D eigenvalue weighted by Gasteiger charge is 1.85. The number of aliphatic carboxylic acids is 1. The van der Waals surface area contributed by atoms with Gasteiger partial charge in [-0.3, -0.25) is 5.41 Å². The molecule has 0 bridgehead atoms. The first-order valence-corrected chi connectivity index (χ1v) is 1.88. The molecular formula is C3H8FN3O2. The van der Waals surface area contributed by atoms with Crippen molar-refractivity contribution in [2.45, 2.75) is 0 Å². The van der Waals surface area contributed by atoms with Crippen LogP contribution in [-0.2, 0) is 4.79 Å². The van der Waals surface area contributed by atoms with Gasteiger partial charge in [0.1, 0.15) is 0 Å². The first-order valence-electron chi connectivity index (χ1n) is 1.88. The lowest BCUT2D eigenvalue weighted by Gasteiger charge is -1.69. The molecule has 0 heterocycles. The topological polar surface area (TPSA) is 113 Å². The number of guanidine groups is 1. The van der Waals surface area contributed by atoms with E-state index in [1.165, 1.54) is 0 Å². The van der Waals surface area contributed by atoms with Crippen LogP contribution in [0.1, 0.15) is 0 Å². The molecule has 0 saturated carbocycles. The summed E-state index contributed by atoms with van der Waals surface area (Å²) in [5.41, 5.74) is 8.94. The Morgan fingerprint density at radius 1 is 1.67 bits per heavy atom. The van der Waals surface area contributed by atoms with Gasteiger partial charge in [-0.15, -0.1) is 0 Å². The number of carboxylic acid groups (broad SMARTS) is 1. The van der Waals surface area contributed by atoms with E-state index in [-0.39, 0.29) is 5.96 Å². The second-order valence-corrected chi connectivity index (χ2v) is 0.983. The van der Waals surface area contributed by atoms with Crippen LogP contribution in [0.25, 0.3) is 0 Å². The smallest absolute Gasteiger partial charge is 0.335 e. The summed E-state index contributed by atoms with van der Waals surface area (Å²) in [7, 11) is 0. The van der Waals surface area contributed by atoms with Gasteiger partial charge in [-0.25, -0.2) is 9.18 Å². The number of nitrogens with one attached hydrogen (secondary N) is 1. The van der Waals surface area contributed by atoms with Crippen LogP contribution < -0.4 is 11.5 Å². The van der Waals surface area contributed by atoms with Gasteiger partial charge in [0.05, 0.1) is 0 Å². The Balaban J connectivity index is 0. The molecule has 5 nitrogen and oxygen atoms in total. The first kappa shape index (κ1) is 10.6. The van der Waals surface area contributed by atoms with Gasteiger partial charge in [-0.1, -0.05) is 0 Å². The van der Waals surface area contributed by atoms with E-state index in [0.29, 0.717) is 0 Å². The van der Waals surface area contributed by atoms with Gasteiger partial charge in [0.15, 0.2) is 12.6 Å². The predicted octanol–water partition coefficient (Wildman–Crippen LogP) is -1.12. The Morgan fingerprint density at radius 2 is 1.78 bits per heavy atom. The SMILES string of the molecule is N=C(N)N.O=C(O)CF. The highest BCUT2D eigenvalue weighted by Crippen LogP contribution is 1.60. The molecule has 0 aromatic carbocycles. The molecule has 0 radical (unpaired) electrons. The van der Waals surface area contributed by atoms with Crippen molar-refractivity contribution in [2.75, 3.05) is 6.67 Å². The molecule has 0 amide bonds. The van der Waals surface area contributed by atoms with Crippen molar-refractivity contribution in [3.8, 4) is 0 Å². The van der Waals surface area contributed by atoms with Crippen molar-refractivity contribution in [1.29, 1.82) is 5.41 Å². The Kier molecular flexibility index (Phi) is 7.87. The van der Waals surface area contributed by atoms with Crippen molar-refractivity contribution in [3.05, 3.63) is 0 Å². The quantitative estimate of drug-likeness (QED) is 0.270. The fourth-order valence-electron chi connectivity index (χ4n) is 0. The van der Waals surface area contributed by atoms with E-state index >= 15 is 0 Å². The molecule has 0 aliphatic carbocycles. The van der Waals surface area contributed by atoms with E-state index in [4.69, 9.17) is 15.3 Å². The van der Waals surface area contributed by atoms with Crippen LogP contribution in [-0.4, -0.2) is 23.7 Å². The molecule has 0 aliphatic rings. The zero-order chi connectivity index (χ0) is 7.86. The summed E-state index contributed by atoms with van der Waals surface area (Å²) in [6, 6.07) is 0. The van der Waals surface area contributed by atoms with Crippen molar-refractivity contribution >= 4 is 11.9 Å². The van der Waals surface area contributed by atoms with E-state index < -0.39 is 12.6 Å². The van der Waals surface area contributed by atoms with Gasteiger partial charge in [0.25, 0.3) is 0 Å². The number of rotatable bonds is 1. The van der Waals surface area contributed by atoms with Gasteiger partial charge in [0.2, 0.25) is 0 Å². The number of carbonyl (C=O) groups is 1. The van der Waals surface area contributed by atoms with Crippen molar-refractivity contribution < 1.29 is 14.3 Å². The Labute approximate surface area is 51.0 Å². The fourth-order valence-corrected chi connectivity index (χ4v) is 0. The second kappa shape index (κ2) is 6.67. The van der Waals surface area contributed by atoms with Crippen LogP contribution in [0, 0.1) is 5.41 Å². The molecule has 0 spiro atoms. The van der Waals surface area contributed by atoms with Crippen LogP contribution in [0.15, 0.2) is 0 Å². The third-order valence-electron chi connectivity index (χ3n) is 0.114. The number of hydrogen-bond donors (Lipinski definition) is 4. The first-order chi connectivity index (χ1) is 4.00. The zero-order valence-corrected chi connectivity index (χ0v) is 4.60. The van der Waals surface area contributed by atoms with E-state index in [1.54, 1.807) is 0 Å². The summed E-state index contributed by atoms with van der Waals surface area (Å²) in [6.45, 7) is -1.28. The van der Waals surface area contributed by atoms with E-state index in [0.717, 1.165) is 0 Å². The lowest BCUT2D eigenvalue weighted by molar-refractivity contribution is -0.137. The number of alkyl halides is 1. The third kappa shape index (κ3) is 324. The van der Waals surface area contributed by atoms with Crippen molar-refractivity contribution in [3.63, 3.8) is 0 Å². The van der Waals surface area contributed by atoms with Gasteiger partial charge in [-0.2, -0.15) is 0 Å². The number of nitrogens with two attached hydrogens (primary N) is 2. The van der Waals surface area contributed by atoms with E-state index in [1.807, 2.05) is 0 Å². The molecule has 0 atom stereocenters. The highest BCUT2D eigenvalue weighted by atomic mass is 19.1. The average molecular weight is 137 g/mol. The molecule has 54 valence electrons. The number of hydrogen-bond acceptors (Lipinski definition) is 2. The van der Waals surface area contributed by atoms with Crippen LogP contribution in [0.3, 0.4) is 0 Å². The molecule has 0 aromatic rings. The number of halogens is 1. The molecule has 0 aliphatic heterocycles. The zero-order valence-electron chi connectivity index (χ0n) is 4.60. The summed E-state index contributed by atoms with van der Waals surface area (Å²) < 4.78 is 10.5. The minimum Gasteiger partial charge on any atom is -0.479 e. The van der Waals surface area contributed by atoms with E-state index in [2.05, 4.69) is 11.5 Å². The van der Waals surface area contributed by atoms with Crippen molar-refractivity contribution in [2.24, 2.45) is 11.5 Å². The largest absolute Gasteiger partial charge is 0.479 e. The molecule has 6 N–H and O–H groups in total. The van der Waals surface area contributed by atoms with Crippen LogP contribution in [0.4, 0.5) is 4.39 Å². The Hall–Kier alpha value is -1.33. The van der Waals surface area contributed by atoms with Gasteiger partial charge in [-0.05, 0) is 0 Å². The minimum absolute atomic E-state index is 0.333. The van der Waals surface area contributed by atoms with Crippen LogP contribution in [0.2, 0.25) is 0 Å². The standard InChI is InChI=1S/C2H3FO2.CH5N3/c3-1-2(4)5;2-1(3)4/h1H2,(H,4,5);(H5,2,3,4). The maximum absolute atomic E-state index is 10.5. The summed E-state index contributed by atoms with van der Waals surface area (Å²) >= 11 is 0. The third-order valence-corrected chi connectivity index (χ3v) is 0.114. The maximum Gasteiger partial charge on any atom is 0.335 e. The lowest BCUT2D eigenvalue weighted by atomic mass is 10.8. The molecule has 9 heavy (non-hydrogen) atoms. The molecular weight excluding hydrogens is 129 g/mol. The summed E-state index contributed by atoms with van der Waals surface area (Å²) in [4.78, 5) is 8.99. The number of carboxylic acids is 1. The molecule has 0 saturated heterocycles. The maximum atomic E-state index is 10.5. The molecule has 0 rings (SSSR count). The molecule has 0 unspecified atom stereocenters. The van der Waals surface area contributed by atoms with E-state index in [9.17, 15) is 4.39 Å². The summed E-state index contributed by atoms with van der Waals surface area (Å²) in [5, 5.41) is 13.4. The minimum atomic E-state index is -1.41. The summed E-state index contributed by atoms with van der Waals surface area (Å²) in [6.07, 6.45) is 0. The lowest BCUT2D eigenvalue weighted by Crippen LogP contribution is -2.20. The van der Waals surface area contributed by atoms with Crippen molar-refractivity contribution in [1.82, 2.24) is 0 Å². The van der Waals surface area contributed by atoms with Crippen LogP contribution >= 0.6 is 0 Å². The monoisotopic (exact) mass is 137 g/mol. The Bertz CT molecular complexity index is 101. The van der Waals surface area contributed by atoms with Gasteiger partial charge >= 0.3 is 5.97 Å². The predicted molar refractivity (Wildman–Crippen MR) is 29.7 cm³/mol. The van der Waals surface area contributed by atoms with Gasteiger partial charge < -0.3 is 16.6 Å². The van der Waals surface area contributed by atoms with Crippen LogP contribution in [0.5, 0.6) is 0 Å². The highest BCUT2D eigenvalue weighted by molar-refractivity contribution is 5.71. The molecule has 6 heteroatoms. The fraction of sp³-hybridized carbons (Fsp3) is 0.333. The molecule has 0 fully saturated rings. The second-order valence-electron chi connectivity index (χ2n) is 0.983. The van der Waals surface area contributed by atoms with Gasteiger partial charge in [0, 0.05) is 0 Å².